The summed E-state index contributed by atoms with van der Waals surface area (Å²) in [5.74, 6) is 0. The Morgan fingerprint density at radius 1 is 0.357 bits per heavy atom. The fraction of sp³-hybridized carbons (Fsp3) is 1.00. The molecule has 0 aromatic rings. The highest BCUT2D eigenvalue weighted by Gasteiger charge is 1.96. The predicted molar refractivity (Wildman–Crippen MR) is 58.1 cm³/mol. The lowest BCUT2D eigenvalue weighted by molar-refractivity contribution is -0.295. The molecular weight excluding hydrogens is 176 g/mol. The van der Waals surface area contributed by atoms with Crippen LogP contribution >= 0.6 is 0 Å². The van der Waals surface area contributed by atoms with Crippen LogP contribution in [0.15, 0.2) is 0 Å². The fourth-order valence-corrected chi connectivity index (χ4v) is 1.85. The standard InChI is InChI=1S/C12H24O2/c1-2-4-6-8-10-12-14-13-11-9-7-5-3-1/h1-12H2. The van der Waals surface area contributed by atoms with Crippen LogP contribution in [-0.2, 0) is 9.78 Å². The van der Waals surface area contributed by atoms with E-state index in [0.717, 1.165) is 26.1 Å². The van der Waals surface area contributed by atoms with Crippen molar-refractivity contribution in [1.82, 2.24) is 0 Å². The van der Waals surface area contributed by atoms with Crippen molar-refractivity contribution < 1.29 is 9.78 Å². The molecular formula is C12H24O2. The van der Waals surface area contributed by atoms with Crippen LogP contribution in [0.25, 0.3) is 0 Å². The topological polar surface area (TPSA) is 18.5 Å². The lowest BCUT2D eigenvalue weighted by atomic mass is 10.1. The van der Waals surface area contributed by atoms with Crippen LogP contribution in [0.3, 0.4) is 0 Å². The maximum atomic E-state index is 5.08. The minimum atomic E-state index is 0.778. The van der Waals surface area contributed by atoms with Crippen LogP contribution in [0, 0.1) is 0 Å². The Morgan fingerprint density at radius 3 is 1.00 bits per heavy atom. The maximum absolute atomic E-state index is 5.08. The molecule has 0 aromatic carbocycles. The average molecular weight is 200 g/mol. The molecule has 0 saturated carbocycles. The third-order valence-corrected chi connectivity index (χ3v) is 2.79. The summed E-state index contributed by atoms with van der Waals surface area (Å²) in [6, 6.07) is 0. The molecule has 1 saturated heterocycles. The summed E-state index contributed by atoms with van der Waals surface area (Å²) in [6.45, 7) is 1.56. The zero-order valence-electron chi connectivity index (χ0n) is 9.30. The van der Waals surface area contributed by atoms with E-state index in [1.165, 1.54) is 51.4 Å². The maximum Gasteiger partial charge on any atom is 0.0822 e. The largest absolute Gasteiger partial charge is 0.237 e. The minimum absolute atomic E-state index is 0.778. The predicted octanol–water partition coefficient (Wildman–Crippen LogP) is 3.85. The molecule has 0 aromatic heterocycles. The van der Waals surface area contributed by atoms with E-state index in [9.17, 15) is 0 Å². The third-order valence-electron chi connectivity index (χ3n) is 2.79. The molecule has 0 aliphatic carbocycles. The molecule has 2 nitrogen and oxygen atoms in total. The molecule has 1 aliphatic rings. The molecule has 2 heteroatoms. The highest BCUT2D eigenvalue weighted by molar-refractivity contribution is 4.48. The number of hydrogen-bond donors (Lipinski definition) is 0. The summed E-state index contributed by atoms with van der Waals surface area (Å²) in [7, 11) is 0. The van der Waals surface area contributed by atoms with E-state index in [1.807, 2.05) is 0 Å². The van der Waals surface area contributed by atoms with Crippen molar-refractivity contribution in [2.75, 3.05) is 13.2 Å². The number of hydrogen-bond acceptors (Lipinski definition) is 2. The first-order chi connectivity index (χ1) is 7.00. The molecule has 14 heavy (non-hydrogen) atoms. The second kappa shape index (κ2) is 9.47. The van der Waals surface area contributed by atoms with E-state index in [-0.39, 0.29) is 0 Å². The van der Waals surface area contributed by atoms with E-state index in [2.05, 4.69) is 0 Å². The van der Waals surface area contributed by atoms with Gasteiger partial charge in [-0.2, -0.15) is 0 Å². The zero-order valence-corrected chi connectivity index (χ0v) is 9.30. The monoisotopic (exact) mass is 200 g/mol. The van der Waals surface area contributed by atoms with Gasteiger partial charge in [-0.15, -0.1) is 0 Å². The molecule has 0 radical (unpaired) electrons. The van der Waals surface area contributed by atoms with Gasteiger partial charge in [0, 0.05) is 0 Å². The van der Waals surface area contributed by atoms with Gasteiger partial charge in [-0.3, -0.25) is 0 Å². The Balaban J connectivity index is 2.00. The lowest BCUT2D eigenvalue weighted by Gasteiger charge is -2.06. The molecule has 0 atom stereocenters. The van der Waals surface area contributed by atoms with Gasteiger partial charge in [0.1, 0.15) is 0 Å². The minimum Gasteiger partial charge on any atom is -0.237 e. The van der Waals surface area contributed by atoms with Gasteiger partial charge >= 0.3 is 0 Å². The molecule has 1 rings (SSSR count). The highest BCUT2D eigenvalue weighted by atomic mass is 17.2. The smallest absolute Gasteiger partial charge is 0.0822 e. The molecule has 0 N–H and O–H groups in total. The van der Waals surface area contributed by atoms with E-state index in [4.69, 9.17) is 9.78 Å². The van der Waals surface area contributed by atoms with Crippen LogP contribution in [0.1, 0.15) is 64.2 Å². The molecule has 1 heterocycles. The van der Waals surface area contributed by atoms with Crippen molar-refractivity contribution in [2.45, 2.75) is 64.2 Å². The summed E-state index contributed by atoms with van der Waals surface area (Å²) < 4.78 is 0. The van der Waals surface area contributed by atoms with E-state index in [1.54, 1.807) is 0 Å². The van der Waals surface area contributed by atoms with Gasteiger partial charge in [0.25, 0.3) is 0 Å². The summed E-state index contributed by atoms with van der Waals surface area (Å²) in [5, 5.41) is 0. The van der Waals surface area contributed by atoms with Gasteiger partial charge in [-0.05, 0) is 12.8 Å². The molecule has 0 amide bonds. The van der Waals surface area contributed by atoms with Gasteiger partial charge in [-0.1, -0.05) is 51.4 Å². The molecule has 1 aliphatic heterocycles. The van der Waals surface area contributed by atoms with Crippen LogP contribution in [0.5, 0.6) is 0 Å². The summed E-state index contributed by atoms with van der Waals surface area (Å²) in [6.07, 6.45) is 13.3. The quantitative estimate of drug-likeness (QED) is 0.553. The lowest BCUT2D eigenvalue weighted by Crippen LogP contribution is -1.99. The molecule has 0 unspecified atom stereocenters. The van der Waals surface area contributed by atoms with Crippen LogP contribution in [0.4, 0.5) is 0 Å². The number of rotatable bonds is 0. The molecule has 84 valence electrons. The Kier molecular flexibility index (Phi) is 8.12. The van der Waals surface area contributed by atoms with Crippen molar-refractivity contribution in [2.24, 2.45) is 0 Å². The Bertz CT molecular complexity index is 61.6. The second-order valence-corrected chi connectivity index (χ2v) is 4.18. The average Bonchev–Trinajstić information content (AvgIpc) is 2.22. The van der Waals surface area contributed by atoms with Crippen molar-refractivity contribution in [1.29, 1.82) is 0 Å². The van der Waals surface area contributed by atoms with Crippen molar-refractivity contribution >= 4 is 0 Å². The van der Waals surface area contributed by atoms with Crippen molar-refractivity contribution in [3.8, 4) is 0 Å². The van der Waals surface area contributed by atoms with Crippen molar-refractivity contribution in [3.63, 3.8) is 0 Å². The molecule has 1 fully saturated rings. The Labute approximate surface area is 87.9 Å². The first-order valence-corrected chi connectivity index (χ1v) is 6.24. The van der Waals surface area contributed by atoms with Crippen molar-refractivity contribution in [3.05, 3.63) is 0 Å². The Hall–Kier alpha value is -0.0800. The van der Waals surface area contributed by atoms with Gasteiger partial charge in [0.15, 0.2) is 0 Å². The summed E-state index contributed by atoms with van der Waals surface area (Å²) >= 11 is 0. The Morgan fingerprint density at radius 2 is 0.643 bits per heavy atom. The first-order valence-electron chi connectivity index (χ1n) is 6.24. The van der Waals surface area contributed by atoms with Gasteiger partial charge in [-0.25, -0.2) is 9.78 Å². The third kappa shape index (κ3) is 7.34. The van der Waals surface area contributed by atoms with Crippen LogP contribution in [-0.4, -0.2) is 13.2 Å². The van der Waals surface area contributed by atoms with E-state index < -0.39 is 0 Å². The summed E-state index contributed by atoms with van der Waals surface area (Å²) in [4.78, 5) is 10.2. The van der Waals surface area contributed by atoms with Gasteiger partial charge in [0.05, 0.1) is 13.2 Å². The normalized spacial score (nSPS) is 24.0. The van der Waals surface area contributed by atoms with Gasteiger partial charge in [0.2, 0.25) is 0 Å². The van der Waals surface area contributed by atoms with E-state index in [0.29, 0.717) is 0 Å². The second-order valence-electron chi connectivity index (χ2n) is 4.18. The van der Waals surface area contributed by atoms with E-state index >= 15 is 0 Å². The fourth-order valence-electron chi connectivity index (χ4n) is 1.85. The van der Waals surface area contributed by atoms with Crippen LogP contribution < -0.4 is 0 Å². The van der Waals surface area contributed by atoms with Gasteiger partial charge < -0.3 is 0 Å². The SMILES string of the molecule is C1CCCCCCOOCCCCC1. The summed E-state index contributed by atoms with van der Waals surface area (Å²) in [5.41, 5.74) is 0. The first kappa shape index (κ1) is 12.0. The van der Waals surface area contributed by atoms with Crippen LogP contribution in [0.2, 0.25) is 0 Å². The molecule has 0 bridgehead atoms. The highest BCUT2D eigenvalue weighted by Crippen LogP contribution is 2.11. The molecule has 0 spiro atoms. The zero-order chi connectivity index (χ0) is 9.90.